The van der Waals surface area contributed by atoms with Crippen LogP contribution >= 0.6 is 0 Å². The van der Waals surface area contributed by atoms with E-state index in [2.05, 4.69) is 32.1 Å². The number of benzene rings is 1. The Morgan fingerprint density at radius 3 is 2.38 bits per heavy atom. The van der Waals surface area contributed by atoms with Crippen molar-refractivity contribution in [3.63, 3.8) is 0 Å². The Balaban J connectivity index is 1.77. The van der Waals surface area contributed by atoms with E-state index in [0.717, 1.165) is 49.3 Å². The van der Waals surface area contributed by atoms with Gasteiger partial charge in [-0.1, -0.05) is 0 Å². The van der Waals surface area contributed by atoms with E-state index in [1.807, 2.05) is 37.3 Å². The summed E-state index contributed by atoms with van der Waals surface area (Å²) in [4.78, 5) is 25.1. The molecular formula is C18H23N5O. The van der Waals surface area contributed by atoms with E-state index in [-0.39, 0.29) is 5.78 Å². The van der Waals surface area contributed by atoms with Crippen molar-refractivity contribution in [3.05, 3.63) is 41.6 Å². The summed E-state index contributed by atoms with van der Waals surface area (Å²) in [5, 5.41) is 3.30. The smallest absolute Gasteiger partial charge is 0.227 e. The maximum atomic E-state index is 11.4. The molecule has 0 atom stereocenters. The zero-order chi connectivity index (χ0) is 17.1. The summed E-state index contributed by atoms with van der Waals surface area (Å²) in [6, 6.07) is 9.35. The maximum Gasteiger partial charge on any atom is 0.227 e. The van der Waals surface area contributed by atoms with Gasteiger partial charge >= 0.3 is 0 Å². The number of piperazine rings is 1. The van der Waals surface area contributed by atoms with Gasteiger partial charge in [0.25, 0.3) is 0 Å². The topological polar surface area (TPSA) is 61.4 Å². The van der Waals surface area contributed by atoms with E-state index >= 15 is 0 Å². The van der Waals surface area contributed by atoms with Crippen molar-refractivity contribution in [3.8, 4) is 0 Å². The average molecular weight is 325 g/mol. The summed E-state index contributed by atoms with van der Waals surface area (Å²) in [5.41, 5.74) is 2.54. The van der Waals surface area contributed by atoms with Crippen molar-refractivity contribution in [2.45, 2.75) is 13.8 Å². The minimum atomic E-state index is 0.0665. The lowest BCUT2D eigenvalue weighted by Gasteiger charge is -2.32. The minimum Gasteiger partial charge on any atom is -0.340 e. The number of aromatic nitrogens is 2. The lowest BCUT2D eigenvalue weighted by molar-refractivity contribution is 0.101. The molecule has 1 aliphatic rings. The molecule has 0 unspecified atom stereocenters. The number of carbonyl (C=O) groups excluding carboxylic acids is 1. The number of nitrogens with zero attached hydrogens (tertiary/aromatic N) is 4. The van der Waals surface area contributed by atoms with Gasteiger partial charge in [-0.2, -0.15) is 4.98 Å². The first-order chi connectivity index (χ1) is 11.5. The van der Waals surface area contributed by atoms with Crippen molar-refractivity contribution in [2.75, 3.05) is 43.4 Å². The minimum absolute atomic E-state index is 0.0665. The molecule has 6 heteroatoms. The van der Waals surface area contributed by atoms with Crippen LogP contribution in [0.4, 0.5) is 17.5 Å². The van der Waals surface area contributed by atoms with Crippen LogP contribution in [0.1, 0.15) is 23.0 Å². The summed E-state index contributed by atoms with van der Waals surface area (Å²) in [6.07, 6.45) is 0. The number of nitrogens with one attached hydrogen (secondary N) is 1. The van der Waals surface area contributed by atoms with Crippen LogP contribution in [0, 0.1) is 6.92 Å². The third-order valence-electron chi connectivity index (χ3n) is 4.19. The average Bonchev–Trinajstić information content (AvgIpc) is 2.55. The first-order valence-electron chi connectivity index (χ1n) is 8.18. The molecule has 1 N–H and O–H groups in total. The summed E-state index contributed by atoms with van der Waals surface area (Å²) in [6.45, 7) is 7.46. The molecule has 0 radical (unpaired) electrons. The van der Waals surface area contributed by atoms with Gasteiger partial charge in [-0.3, -0.25) is 4.79 Å². The summed E-state index contributed by atoms with van der Waals surface area (Å²) in [5.74, 6) is 1.61. The Labute approximate surface area is 142 Å². The number of hydrogen-bond acceptors (Lipinski definition) is 6. The van der Waals surface area contributed by atoms with Crippen LogP contribution in [-0.2, 0) is 0 Å². The fourth-order valence-corrected chi connectivity index (χ4v) is 2.70. The second-order valence-corrected chi connectivity index (χ2v) is 6.24. The van der Waals surface area contributed by atoms with E-state index in [0.29, 0.717) is 5.56 Å². The van der Waals surface area contributed by atoms with Crippen LogP contribution in [-0.4, -0.2) is 53.9 Å². The Morgan fingerprint density at radius 1 is 1.08 bits per heavy atom. The van der Waals surface area contributed by atoms with E-state index in [1.54, 1.807) is 6.92 Å². The van der Waals surface area contributed by atoms with Crippen molar-refractivity contribution >= 4 is 23.2 Å². The van der Waals surface area contributed by atoms with Crippen LogP contribution in [0.5, 0.6) is 0 Å². The first-order valence-corrected chi connectivity index (χ1v) is 8.18. The Hall–Kier alpha value is -2.47. The largest absolute Gasteiger partial charge is 0.340 e. The highest BCUT2D eigenvalue weighted by molar-refractivity contribution is 5.94. The number of likely N-dealkylation sites (N-methyl/N-ethyl adjacent to an activating group) is 1. The molecule has 0 saturated carbocycles. The highest BCUT2D eigenvalue weighted by atomic mass is 16.1. The van der Waals surface area contributed by atoms with Gasteiger partial charge in [0, 0.05) is 49.2 Å². The fourth-order valence-electron chi connectivity index (χ4n) is 2.70. The third kappa shape index (κ3) is 3.89. The van der Waals surface area contributed by atoms with Gasteiger partial charge in [0.05, 0.1) is 0 Å². The summed E-state index contributed by atoms with van der Waals surface area (Å²) >= 11 is 0. The predicted octanol–water partition coefficient (Wildman–Crippen LogP) is 2.48. The third-order valence-corrected chi connectivity index (χ3v) is 4.19. The molecule has 1 saturated heterocycles. The maximum absolute atomic E-state index is 11.4. The molecule has 6 nitrogen and oxygen atoms in total. The predicted molar refractivity (Wildman–Crippen MR) is 96.2 cm³/mol. The van der Waals surface area contributed by atoms with Crippen molar-refractivity contribution < 1.29 is 4.79 Å². The van der Waals surface area contributed by atoms with Gasteiger partial charge in [-0.05, 0) is 45.2 Å². The molecule has 1 aromatic heterocycles. The second kappa shape index (κ2) is 6.97. The molecule has 0 aliphatic carbocycles. The summed E-state index contributed by atoms with van der Waals surface area (Å²) in [7, 11) is 2.13. The number of carbonyl (C=O) groups is 1. The molecule has 2 aromatic rings. The fraction of sp³-hybridized carbons (Fsp3) is 0.389. The van der Waals surface area contributed by atoms with Gasteiger partial charge in [0.2, 0.25) is 5.95 Å². The Morgan fingerprint density at radius 2 is 1.75 bits per heavy atom. The van der Waals surface area contributed by atoms with Gasteiger partial charge in [-0.25, -0.2) is 4.98 Å². The first kappa shape index (κ1) is 16.4. The molecule has 126 valence electrons. The van der Waals surface area contributed by atoms with Gasteiger partial charge in [0.15, 0.2) is 5.78 Å². The number of rotatable bonds is 4. The van der Waals surface area contributed by atoms with E-state index in [4.69, 9.17) is 0 Å². The molecule has 0 amide bonds. The number of ketones is 1. The lowest BCUT2D eigenvalue weighted by Crippen LogP contribution is -2.45. The standard InChI is InChI=1S/C18H23N5O/c1-13-12-17(20-16-6-4-15(5-7-16)14(2)24)21-18(19-13)23-10-8-22(3)9-11-23/h4-7,12H,8-11H2,1-3H3,(H,19,20,21). The second-order valence-electron chi connectivity index (χ2n) is 6.24. The van der Waals surface area contributed by atoms with Gasteiger partial charge in [0.1, 0.15) is 5.82 Å². The molecule has 24 heavy (non-hydrogen) atoms. The molecule has 0 spiro atoms. The number of hydrogen-bond donors (Lipinski definition) is 1. The Kier molecular flexibility index (Phi) is 4.76. The van der Waals surface area contributed by atoms with Crippen molar-refractivity contribution in [1.29, 1.82) is 0 Å². The molecule has 1 aliphatic heterocycles. The molecule has 0 bridgehead atoms. The number of aryl methyl sites for hydroxylation is 1. The molecule has 1 aromatic carbocycles. The van der Waals surface area contributed by atoms with Gasteiger partial charge < -0.3 is 15.1 Å². The van der Waals surface area contributed by atoms with E-state index in [1.165, 1.54) is 0 Å². The lowest BCUT2D eigenvalue weighted by atomic mass is 10.1. The van der Waals surface area contributed by atoms with Crippen molar-refractivity contribution in [2.24, 2.45) is 0 Å². The zero-order valence-electron chi connectivity index (χ0n) is 14.4. The highest BCUT2D eigenvalue weighted by Gasteiger charge is 2.17. The van der Waals surface area contributed by atoms with E-state index < -0.39 is 0 Å². The zero-order valence-corrected chi connectivity index (χ0v) is 14.4. The van der Waals surface area contributed by atoms with E-state index in [9.17, 15) is 4.79 Å². The van der Waals surface area contributed by atoms with Crippen molar-refractivity contribution in [1.82, 2.24) is 14.9 Å². The van der Waals surface area contributed by atoms with Gasteiger partial charge in [-0.15, -0.1) is 0 Å². The number of anilines is 3. The molecule has 2 heterocycles. The molecule has 3 rings (SSSR count). The van der Waals surface area contributed by atoms with Crippen LogP contribution < -0.4 is 10.2 Å². The van der Waals surface area contributed by atoms with Crippen LogP contribution in [0.15, 0.2) is 30.3 Å². The quantitative estimate of drug-likeness (QED) is 0.872. The Bertz CT molecular complexity index is 721. The molecular weight excluding hydrogens is 302 g/mol. The monoisotopic (exact) mass is 325 g/mol. The number of Topliss-reactive ketones (excluding diaryl/α,β-unsaturated/α-hetero) is 1. The van der Waals surface area contributed by atoms with Crippen LogP contribution in [0.25, 0.3) is 0 Å². The highest BCUT2D eigenvalue weighted by Crippen LogP contribution is 2.20. The molecule has 1 fully saturated rings. The normalized spacial score (nSPS) is 15.4. The van der Waals surface area contributed by atoms with Crippen LogP contribution in [0.2, 0.25) is 0 Å². The van der Waals surface area contributed by atoms with Crippen LogP contribution in [0.3, 0.4) is 0 Å². The summed E-state index contributed by atoms with van der Waals surface area (Å²) < 4.78 is 0. The SMILES string of the molecule is CC(=O)c1ccc(Nc2cc(C)nc(N3CCN(C)CC3)n2)cc1.